The molecule has 0 saturated carbocycles. The van der Waals surface area contributed by atoms with Gasteiger partial charge in [0.15, 0.2) is 0 Å². The molecule has 2 heterocycles. The third-order valence-electron chi connectivity index (χ3n) is 4.11. The number of amides is 1. The van der Waals surface area contributed by atoms with Crippen LogP contribution in [0.5, 0.6) is 0 Å². The molecule has 2 aliphatic rings. The van der Waals surface area contributed by atoms with Crippen molar-refractivity contribution in [2.45, 2.75) is 51.0 Å². The first-order valence-corrected chi connectivity index (χ1v) is 7.28. The molecular formula is C14H24N2O2. The van der Waals surface area contributed by atoms with Gasteiger partial charge in [-0.05, 0) is 45.2 Å². The Bertz CT molecular complexity index is 282. The molecule has 0 bridgehead atoms. The van der Waals surface area contributed by atoms with E-state index in [2.05, 4.69) is 4.90 Å². The molecule has 2 rings (SSSR count). The molecule has 1 unspecified atom stereocenters. The van der Waals surface area contributed by atoms with Gasteiger partial charge in [-0.25, -0.2) is 0 Å². The summed E-state index contributed by atoms with van der Waals surface area (Å²) in [7, 11) is 0. The molecule has 102 valence electrons. The van der Waals surface area contributed by atoms with Gasteiger partial charge in [0.1, 0.15) is 6.29 Å². The molecule has 0 spiro atoms. The van der Waals surface area contributed by atoms with Gasteiger partial charge in [0.05, 0.1) is 6.04 Å². The third kappa shape index (κ3) is 3.55. The largest absolute Gasteiger partial charge is 0.343 e. The highest BCUT2D eigenvalue weighted by molar-refractivity contribution is 5.80. The summed E-state index contributed by atoms with van der Waals surface area (Å²) < 4.78 is 0. The maximum atomic E-state index is 12.2. The topological polar surface area (TPSA) is 40.6 Å². The number of likely N-dealkylation sites (tertiary alicyclic amines) is 2. The second-order valence-electron chi connectivity index (χ2n) is 5.45. The van der Waals surface area contributed by atoms with Crippen LogP contribution in [0.3, 0.4) is 0 Å². The fourth-order valence-electron chi connectivity index (χ4n) is 2.96. The van der Waals surface area contributed by atoms with Crippen molar-refractivity contribution in [3.05, 3.63) is 0 Å². The molecule has 1 amide bonds. The highest BCUT2D eigenvalue weighted by atomic mass is 16.2. The van der Waals surface area contributed by atoms with E-state index in [0.29, 0.717) is 6.42 Å². The van der Waals surface area contributed by atoms with Crippen molar-refractivity contribution in [2.75, 3.05) is 26.2 Å². The fraction of sp³-hybridized carbons (Fsp3) is 0.857. The number of aldehydes is 1. The minimum Gasteiger partial charge on any atom is -0.343 e. The van der Waals surface area contributed by atoms with Crippen molar-refractivity contribution in [1.29, 1.82) is 0 Å². The Labute approximate surface area is 109 Å². The Kier molecular flexibility index (Phi) is 5.17. The number of hydrogen-bond donors (Lipinski definition) is 0. The molecular weight excluding hydrogens is 228 g/mol. The molecule has 0 aromatic rings. The summed E-state index contributed by atoms with van der Waals surface area (Å²) in [4.78, 5) is 27.5. The van der Waals surface area contributed by atoms with Gasteiger partial charge < -0.3 is 9.69 Å². The van der Waals surface area contributed by atoms with Gasteiger partial charge in [0, 0.05) is 19.5 Å². The molecule has 4 heteroatoms. The summed E-state index contributed by atoms with van der Waals surface area (Å²) >= 11 is 0. The van der Waals surface area contributed by atoms with Crippen LogP contribution >= 0.6 is 0 Å². The SMILES string of the molecule is O=CC(CC(=O)N1CCCCC1)N1CCCCC1. The standard InChI is InChI=1S/C14H24N2O2/c17-12-13(15-7-3-1-4-8-15)11-14(18)16-9-5-2-6-10-16/h12-13H,1-11H2. The van der Waals surface area contributed by atoms with E-state index in [4.69, 9.17) is 0 Å². The molecule has 4 nitrogen and oxygen atoms in total. The average molecular weight is 252 g/mol. The normalized spacial score (nSPS) is 23.7. The van der Waals surface area contributed by atoms with Crippen LogP contribution in [-0.4, -0.2) is 54.2 Å². The lowest BCUT2D eigenvalue weighted by atomic mass is 10.1. The number of hydrogen-bond acceptors (Lipinski definition) is 3. The minimum atomic E-state index is -0.195. The second-order valence-corrected chi connectivity index (χ2v) is 5.45. The van der Waals surface area contributed by atoms with E-state index in [0.717, 1.165) is 58.1 Å². The predicted molar refractivity (Wildman–Crippen MR) is 70.3 cm³/mol. The number of nitrogens with zero attached hydrogens (tertiary/aromatic N) is 2. The smallest absolute Gasteiger partial charge is 0.224 e. The van der Waals surface area contributed by atoms with Crippen LogP contribution in [0.4, 0.5) is 0 Å². The van der Waals surface area contributed by atoms with Gasteiger partial charge in [-0.3, -0.25) is 9.69 Å². The quantitative estimate of drug-likeness (QED) is 0.711. The molecule has 18 heavy (non-hydrogen) atoms. The zero-order valence-corrected chi connectivity index (χ0v) is 11.1. The van der Waals surface area contributed by atoms with Crippen LogP contribution in [0.25, 0.3) is 0 Å². The van der Waals surface area contributed by atoms with E-state index >= 15 is 0 Å². The van der Waals surface area contributed by atoms with Crippen LogP contribution in [-0.2, 0) is 9.59 Å². The monoisotopic (exact) mass is 252 g/mol. The molecule has 2 aliphatic heterocycles. The molecule has 2 saturated heterocycles. The van der Waals surface area contributed by atoms with Crippen molar-refractivity contribution >= 4 is 12.2 Å². The highest BCUT2D eigenvalue weighted by Crippen LogP contribution is 2.16. The molecule has 1 atom stereocenters. The Morgan fingerprint density at radius 1 is 0.944 bits per heavy atom. The van der Waals surface area contributed by atoms with Crippen LogP contribution in [0.1, 0.15) is 44.9 Å². The Hall–Kier alpha value is -0.900. The van der Waals surface area contributed by atoms with Crippen LogP contribution in [0, 0.1) is 0 Å². The van der Waals surface area contributed by atoms with Crippen molar-refractivity contribution in [2.24, 2.45) is 0 Å². The molecule has 2 fully saturated rings. The fourth-order valence-corrected chi connectivity index (χ4v) is 2.96. The zero-order valence-electron chi connectivity index (χ0n) is 11.1. The average Bonchev–Trinajstić information content (AvgIpc) is 2.46. The van der Waals surface area contributed by atoms with E-state index in [-0.39, 0.29) is 11.9 Å². The van der Waals surface area contributed by atoms with Gasteiger partial charge in [-0.2, -0.15) is 0 Å². The van der Waals surface area contributed by atoms with E-state index in [1.54, 1.807) is 0 Å². The van der Waals surface area contributed by atoms with Crippen LogP contribution in [0.15, 0.2) is 0 Å². The lowest BCUT2D eigenvalue weighted by molar-refractivity contribution is -0.135. The Morgan fingerprint density at radius 3 is 2.06 bits per heavy atom. The number of piperidine rings is 2. The first-order valence-electron chi connectivity index (χ1n) is 7.28. The zero-order chi connectivity index (χ0) is 12.8. The second kappa shape index (κ2) is 6.88. The van der Waals surface area contributed by atoms with E-state index in [9.17, 15) is 9.59 Å². The summed E-state index contributed by atoms with van der Waals surface area (Å²) in [5.41, 5.74) is 0. The lowest BCUT2D eigenvalue weighted by Gasteiger charge is -2.33. The third-order valence-corrected chi connectivity index (χ3v) is 4.11. The number of carbonyl (C=O) groups excluding carboxylic acids is 2. The van der Waals surface area contributed by atoms with Gasteiger partial charge in [0.25, 0.3) is 0 Å². The van der Waals surface area contributed by atoms with Crippen molar-refractivity contribution in [3.8, 4) is 0 Å². The van der Waals surface area contributed by atoms with Crippen molar-refractivity contribution in [1.82, 2.24) is 9.80 Å². The Morgan fingerprint density at radius 2 is 1.50 bits per heavy atom. The number of rotatable bonds is 4. The van der Waals surface area contributed by atoms with Gasteiger partial charge in [-0.15, -0.1) is 0 Å². The summed E-state index contributed by atoms with van der Waals surface area (Å²) in [6.07, 6.45) is 8.36. The summed E-state index contributed by atoms with van der Waals surface area (Å²) in [5, 5.41) is 0. The van der Waals surface area contributed by atoms with E-state index in [1.165, 1.54) is 12.8 Å². The molecule has 0 aromatic heterocycles. The van der Waals surface area contributed by atoms with Crippen molar-refractivity contribution in [3.63, 3.8) is 0 Å². The molecule has 0 aromatic carbocycles. The predicted octanol–water partition coefficient (Wildman–Crippen LogP) is 1.44. The summed E-state index contributed by atoms with van der Waals surface area (Å²) in [6.45, 7) is 3.70. The lowest BCUT2D eigenvalue weighted by Crippen LogP contribution is -2.45. The van der Waals surface area contributed by atoms with E-state index in [1.807, 2.05) is 4.90 Å². The van der Waals surface area contributed by atoms with Crippen molar-refractivity contribution < 1.29 is 9.59 Å². The van der Waals surface area contributed by atoms with Gasteiger partial charge in [-0.1, -0.05) is 6.42 Å². The van der Waals surface area contributed by atoms with Gasteiger partial charge >= 0.3 is 0 Å². The summed E-state index contributed by atoms with van der Waals surface area (Å²) in [5.74, 6) is 0.164. The van der Waals surface area contributed by atoms with Crippen LogP contribution in [0.2, 0.25) is 0 Å². The first kappa shape index (κ1) is 13.5. The summed E-state index contributed by atoms with van der Waals surface area (Å²) in [6, 6.07) is -0.195. The first-order chi connectivity index (χ1) is 8.81. The molecule has 0 N–H and O–H groups in total. The highest BCUT2D eigenvalue weighted by Gasteiger charge is 2.25. The van der Waals surface area contributed by atoms with Gasteiger partial charge in [0.2, 0.25) is 5.91 Å². The Balaban J connectivity index is 1.84. The van der Waals surface area contributed by atoms with E-state index < -0.39 is 0 Å². The maximum absolute atomic E-state index is 12.2. The molecule has 0 radical (unpaired) electrons. The molecule has 0 aliphatic carbocycles. The maximum Gasteiger partial charge on any atom is 0.224 e. The van der Waals surface area contributed by atoms with Crippen LogP contribution < -0.4 is 0 Å². The minimum absolute atomic E-state index is 0.164. The number of carbonyl (C=O) groups is 2.